The number of hydrogen-bond acceptors (Lipinski definition) is 3. The number of nitrogens with one attached hydrogen (secondary N) is 2. The number of ether oxygens (including phenoxy) is 1. The van der Waals surface area contributed by atoms with Crippen LogP contribution in [0.15, 0.2) is 54.6 Å². The Hall–Kier alpha value is -2.79. The number of halogens is 1. The van der Waals surface area contributed by atoms with E-state index in [1.165, 1.54) is 0 Å². The number of rotatable bonds is 6. The molecule has 0 unspecified atom stereocenters. The van der Waals surface area contributed by atoms with Crippen molar-refractivity contribution in [3.05, 3.63) is 70.9 Å². The van der Waals surface area contributed by atoms with Gasteiger partial charge in [0.25, 0.3) is 5.91 Å². The van der Waals surface area contributed by atoms with Crippen LogP contribution < -0.4 is 10.1 Å². The number of methoxy groups -OCH3 is 1. The van der Waals surface area contributed by atoms with Crippen LogP contribution in [0.3, 0.4) is 0 Å². The van der Waals surface area contributed by atoms with Gasteiger partial charge in [-0.25, -0.2) is 0 Å². The molecule has 6 heteroatoms. The third-order valence-electron chi connectivity index (χ3n) is 3.81. The molecule has 25 heavy (non-hydrogen) atoms. The molecule has 3 rings (SSSR count). The molecule has 0 radical (unpaired) electrons. The highest BCUT2D eigenvalue weighted by molar-refractivity contribution is 6.33. The fourth-order valence-electron chi connectivity index (χ4n) is 2.49. The van der Waals surface area contributed by atoms with Gasteiger partial charge in [-0.15, -0.1) is 0 Å². The normalized spacial score (nSPS) is 10.5. The molecule has 0 aliphatic heterocycles. The maximum absolute atomic E-state index is 12.2. The van der Waals surface area contributed by atoms with E-state index in [4.69, 9.17) is 16.3 Å². The van der Waals surface area contributed by atoms with Crippen LogP contribution in [0.4, 0.5) is 0 Å². The van der Waals surface area contributed by atoms with Gasteiger partial charge >= 0.3 is 0 Å². The van der Waals surface area contributed by atoms with Gasteiger partial charge in [-0.3, -0.25) is 9.89 Å². The third kappa shape index (κ3) is 4.19. The minimum absolute atomic E-state index is 0.200. The van der Waals surface area contributed by atoms with E-state index in [1.54, 1.807) is 19.2 Å². The lowest BCUT2D eigenvalue weighted by Gasteiger charge is -2.05. The highest BCUT2D eigenvalue weighted by Crippen LogP contribution is 2.26. The highest BCUT2D eigenvalue weighted by atomic mass is 35.5. The number of nitrogens with zero attached hydrogens (tertiary/aromatic N) is 1. The van der Waals surface area contributed by atoms with Crippen molar-refractivity contribution < 1.29 is 9.53 Å². The summed E-state index contributed by atoms with van der Waals surface area (Å²) in [5.41, 5.74) is 2.93. The average molecular weight is 356 g/mol. The van der Waals surface area contributed by atoms with Crippen LogP contribution in [0.25, 0.3) is 11.3 Å². The molecule has 0 aliphatic rings. The van der Waals surface area contributed by atoms with Crippen molar-refractivity contribution in [1.29, 1.82) is 0 Å². The molecule has 0 saturated heterocycles. The Morgan fingerprint density at radius 1 is 1.20 bits per heavy atom. The fraction of sp³-hybridized carbons (Fsp3) is 0.158. The lowest BCUT2D eigenvalue weighted by atomic mass is 10.1. The number of benzene rings is 2. The second kappa shape index (κ2) is 7.85. The molecule has 0 atom stereocenters. The van der Waals surface area contributed by atoms with E-state index in [9.17, 15) is 4.79 Å². The number of amides is 1. The number of carbonyl (C=O) groups excluding carboxylic acids is 1. The van der Waals surface area contributed by atoms with Gasteiger partial charge in [0.05, 0.1) is 17.8 Å². The Balaban J connectivity index is 1.60. The van der Waals surface area contributed by atoms with Crippen LogP contribution in [0, 0.1) is 0 Å². The third-order valence-corrected chi connectivity index (χ3v) is 4.14. The summed E-state index contributed by atoms with van der Waals surface area (Å²) < 4.78 is 5.19. The largest absolute Gasteiger partial charge is 0.497 e. The summed E-state index contributed by atoms with van der Waals surface area (Å²) in [6.07, 6.45) is 0.717. The van der Waals surface area contributed by atoms with E-state index in [1.807, 2.05) is 42.5 Å². The quantitative estimate of drug-likeness (QED) is 0.708. The first-order chi connectivity index (χ1) is 12.2. The summed E-state index contributed by atoms with van der Waals surface area (Å²) in [4.78, 5) is 12.2. The van der Waals surface area contributed by atoms with Gasteiger partial charge in [0, 0.05) is 12.1 Å². The molecular weight excluding hydrogens is 338 g/mol. The SMILES string of the molecule is COc1cccc(CCNC(=O)c2cc(-c3ccccc3Cl)n[nH]2)c1. The van der Waals surface area contributed by atoms with Gasteiger partial charge in [0.1, 0.15) is 11.4 Å². The van der Waals surface area contributed by atoms with Crippen LogP contribution >= 0.6 is 11.6 Å². The van der Waals surface area contributed by atoms with Gasteiger partial charge < -0.3 is 10.1 Å². The van der Waals surface area contributed by atoms with E-state index in [0.717, 1.165) is 16.9 Å². The monoisotopic (exact) mass is 355 g/mol. The molecule has 1 amide bonds. The zero-order valence-corrected chi connectivity index (χ0v) is 14.5. The van der Waals surface area contributed by atoms with Crippen LogP contribution in [-0.2, 0) is 6.42 Å². The van der Waals surface area contributed by atoms with Gasteiger partial charge in [-0.2, -0.15) is 5.10 Å². The summed E-state index contributed by atoms with van der Waals surface area (Å²) in [6.45, 7) is 0.520. The maximum atomic E-state index is 12.2. The van der Waals surface area contributed by atoms with Gasteiger partial charge in [0.15, 0.2) is 0 Å². The van der Waals surface area contributed by atoms with Crippen molar-refractivity contribution in [2.45, 2.75) is 6.42 Å². The zero-order valence-electron chi connectivity index (χ0n) is 13.8. The molecule has 0 spiro atoms. The van der Waals surface area contributed by atoms with E-state index in [0.29, 0.717) is 29.4 Å². The summed E-state index contributed by atoms with van der Waals surface area (Å²) in [6, 6.07) is 16.9. The molecule has 0 fully saturated rings. The number of H-pyrrole nitrogens is 1. The first kappa shape index (κ1) is 17.0. The van der Waals surface area contributed by atoms with E-state index in [-0.39, 0.29) is 5.91 Å². The van der Waals surface area contributed by atoms with Crippen molar-refractivity contribution in [1.82, 2.24) is 15.5 Å². The molecule has 0 aliphatic carbocycles. The molecule has 2 aromatic carbocycles. The van der Waals surface area contributed by atoms with Crippen molar-refractivity contribution in [3.8, 4) is 17.0 Å². The second-order valence-electron chi connectivity index (χ2n) is 5.50. The first-order valence-electron chi connectivity index (χ1n) is 7.89. The van der Waals surface area contributed by atoms with Gasteiger partial charge in [-0.1, -0.05) is 41.9 Å². The molecule has 1 aromatic heterocycles. The lowest BCUT2D eigenvalue weighted by molar-refractivity contribution is 0.0949. The van der Waals surface area contributed by atoms with Crippen molar-refractivity contribution in [2.75, 3.05) is 13.7 Å². The number of carbonyl (C=O) groups is 1. The Bertz CT molecular complexity index is 876. The molecule has 2 N–H and O–H groups in total. The van der Waals surface area contributed by atoms with Crippen molar-refractivity contribution in [2.24, 2.45) is 0 Å². The average Bonchev–Trinajstić information content (AvgIpc) is 3.12. The minimum atomic E-state index is -0.200. The highest BCUT2D eigenvalue weighted by Gasteiger charge is 2.12. The van der Waals surface area contributed by atoms with Gasteiger partial charge in [0.2, 0.25) is 0 Å². The van der Waals surface area contributed by atoms with E-state index in [2.05, 4.69) is 15.5 Å². The van der Waals surface area contributed by atoms with Crippen molar-refractivity contribution >= 4 is 17.5 Å². The van der Waals surface area contributed by atoms with Crippen LogP contribution in [0.1, 0.15) is 16.1 Å². The van der Waals surface area contributed by atoms with Crippen LogP contribution in [0.5, 0.6) is 5.75 Å². The molecule has 128 valence electrons. The van der Waals surface area contributed by atoms with Gasteiger partial charge in [-0.05, 0) is 36.2 Å². The molecule has 3 aromatic rings. The Morgan fingerprint density at radius 3 is 2.84 bits per heavy atom. The molecule has 0 bridgehead atoms. The van der Waals surface area contributed by atoms with E-state index >= 15 is 0 Å². The lowest BCUT2D eigenvalue weighted by Crippen LogP contribution is -2.26. The predicted octanol–water partition coefficient (Wildman–Crippen LogP) is 3.71. The topological polar surface area (TPSA) is 67.0 Å². The summed E-state index contributed by atoms with van der Waals surface area (Å²) >= 11 is 6.16. The maximum Gasteiger partial charge on any atom is 0.269 e. The number of aromatic amines is 1. The number of aromatic nitrogens is 2. The molecule has 1 heterocycles. The summed E-state index contributed by atoms with van der Waals surface area (Å²) in [5, 5.41) is 10.4. The second-order valence-corrected chi connectivity index (χ2v) is 5.91. The standard InChI is InChI=1S/C19H18ClN3O2/c1-25-14-6-4-5-13(11-14)9-10-21-19(24)18-12-17(22-23-18)15-7-2-3-8-16(15)20/h2-8,11-12H,9-10H2,1H3,(H,21,24)(H,22,23). The summed E-state index contributed by atoms with van der Waals surface area (Å²) in [7, 11) is 1.63. The summed E-state index contributed by atoms with van der Waals surface area (Å²) in [5.74, 6) is 0.607. The Labute approximate surface area is 151 Å². The minimum Gasteiger partial charge on any atom is -0.497 e. The zero-order chi connectivity index (χ0) is 17.6. The van der Waals surface area contributed by atoms with Crippen LogP contribution in [-0.4, -0.2) is 29.8 Å². The smallest absolute Gasteiger partial charge is 0.269 e. The molecule has 0 saturated carbocycles. The molecule has 5 nitrogen and oxygen atoms in total. The Kier molecular flexibility index (Phi) is 5.36. The Morgan fingerprint density at radius 2 is 2.04 bits per heavy atom. The van der Waals surface area contributed by atoms with Crippen molar-refractivity contribution in [3.63, 3.8) is 0 Å². The van der Waals surface area contributed by atoms with E-state index < -0.39 is 0 Å². The first-order valence-corrected chi connectivity index (χ1v) is 8.26. The number of hydrogen-bond donors (Lipinski definition) is 2. The predicted molar refractivity (Wildman–Crippen MR) is 98.1 cm³/mol. The fourth-order valence-corrected chi connectivity index (χ4v) is 2.72. The molecular formula is C19H18ClN3O2. The van der Waals surface area contributed by atoms with Crippen LogP contribution in [0.2, 0.25) is 5.02 Å².